The Balaban J connectivity index is 2.18. The summed E-state index contributed by atoms with van der Waals surface area (Å²) in [6, 6.07) is 8.98. The van der Waals surface area contributed by atoms with Gasteiger partial charge in [-0.25, -0.2) is 0 Å². The van der Waals surface area contributed by atoms with Gasteiger partial charge in [0.15, 0.2) is 0 Å². The van der Waals surface area contributed by atoms with E-state index in [-0.39, 0.29) is 23.5 Å². The van der Waals surface area contributed by atoms with Crippen molar-refractivity contribution in [1.82, 2.24) is 0 Å². The van der Waals surface area contributed by atoms with Crippen LogP contribution >= 0.6 is 23.2 Å². The van der Waals surface area contributed by atoms with E-state index in [0.717, 1.165) is 0 Å². The van der Waals surface area contributed by atoms with Gasteiger partial charge in [0, 0.05) is 16.1 Å². The lowest BCUT2D eigenvalue weighted by molar-refractivity contribution is -0.383. The predicted octanol–water partition coefficient (Wildman–Crippen LogP) is 3.67. The second kappa shape index (κ2) is 6.64. The maximum atomic E-state index is 12.0. The minimum Gasteiger partial charge on any atom is -0.391 e. The fraction of sp³-hybridized carbons (Fsp3) is 0.0714. The van der Waals surface area contributed by atoms with Crippen LogP contribution in [-0.4, -0.2) is 10.8 Å². The maximum absolute atomic E-state index is 12.0. The second-order valence-electron chi connectivity index (χ2n) is 4.46. The summed E-state index contributed by atoms with van der Waals surface area (Å²) < 4.78 is 0. The molecule has 1 amide bonds. The molecule has 0 unspecified atom stereocenters. The third-order valence-electron chi connectivity index (χ3n) is 2.91. The molecule has 0 saturated heterocycles. The lowest BCUT2D eigenvalue weighted by Crippen LogP contribution is -2.16. The van der Waals surface area contributed by atoms with Crippen LogP contribution < -0.4 is 11.1 Å². The molecule has 0 saturated carbocycles. The number of nitrogen functional groups attached to an aromatic ring is 1. The lowest BCUT2D eigenvalue weighted by Gasteiger charge is -2.09. The number of nitro benzene ring substituents is 1. The quantitative estimate of drug-likeness (QED) is 0.504. The molecule has 0 aliphatic rings. The monoisotopic (exact) mass is 339 g/mol. The smallest absolute Gasteiger partial charge is 0.294 e. The van der Waals surface area contributed by atoms with Crippen LogP contribution in [0.2, 0.25) is 10.0 Å². The minimum absolute atomic E-state index is 0.0263. The fourth-order valence-corrected chi connectivity index (χ4v) is 2.25. The van der Waals surface area contributed by atoms with E-state index in [9.17, 15) is 14.9 Å². The summed E-state index contributed by atoms with van der Waals surface area (Å²) >= 11 is 11.8. The number of hydrogen-bond acceptors (Lipinski definition) is 4. The summed E-state index contributed by atoms with van der Waals surface area (Å²) in [5, 5.41) is 14.2. The topological polar surface area (TPSA) is 98.3 Å². The van der Waals surface area contributed by atoms with Crippen molar-refractivity contribution in [1.29, 1.82) is 0 Å². The number of anilines is 2. The SMILES string of the molecule is Nc1c(NC(=O)Cc2cc(Cl)ccc2Cl)cccc1[N+](=O)[O-]. The van der Waals surface area contributed by atoms with Crippen molar-refractivity contribution < 1.29 is 9.72 Å². The van der Waals surface area contributed by atoms with Crippen LogP contribution in [0.25, 0.3) is 0 Å². The standard InChI is InChI=1S/C14H11Cl2N3O3/c15-9-4-5-10(16)8(6-9)7-13(20)18-11-2-1-3-12(14(11)17)19(21)22/h1-6H,7,17H2,(H,18,20). The van der Waals surface area contributed by atoms with Crippen molar-refractivity contribution in [2.45, 2.75) is 6.42 Å². The number of carbonyl (C=O) groups is 1. The van der Waals surface area contributed by atoms with Gasteiger partial charge in [-0.3, -0.25) is 14.9 Å². The lowest BCUT2D eigenvalue weighted by atomic mass is 10.1. The molecule has 2 aromatic rings. The molecule has 0 heterocycles. The molecule has 0 aliphatic heterocycles. The number of nitrogens with one attached hydrogen (secondary N) is 1. The Morgan fingerprint density at radius 2 is 2.00 bits per heavy atom. The van der Waals surface area contributed by atoms with E-state index in [2.05, 4.69) is 5.32 Å². The van der Waals surface area contributed by atoms with Crippen molar-refractivity contribution in [3.63, 3.8) is 0 Å². The largest absolute Gasteiger partial charge is 0.391 e. The van der Waals surface area contributed by atoms with Crippen molar-refractivity contribution >= 4 is 46.2 Å². The average molecular weight is 340 g/mol. The number of halogens is 2. The molecule has 8 heteroatoms. The molecular formula is C14H11Cl2N3O3. The number of para-hydroxylation sites is 1. The van der Waals surface area contributed by atoms with E-state index in [1.807, 2.05) is 0 Å². The van der Waals surface area contributed by atoms with Crippen LogP contribution in [0.3, 0.4) is 0 Å². The summed E-state index contributed by atoms with van der Waals surface area (Å²) in [6.07, 6.45) is -0.0263. The highest BCUT2D eigenvalue weighted by Crippen LogP contribution is 2.29. The Hall–Kier alpha value is -2.31. The number of amides is 1. The van der Waals surface area contributed by atoms with E-state index in [1.165, 1.54) is 18.2 Å². The third kappa shape index (κ3) is 3.66. The van der Waals surface area contributed by atoms with Crippen LogP contribution in [0, 0.1) is 10.1 Å². The molecule has 2 rings (SSSR count). The van der Waals surface area contributed by atoms with Crippen molar-refractivity contribution in [3.05, 3.63) is 62.1 Å². The second-order valence-corrected chi connectivity index (χ2v) is 5.30. The van der Waals surface area contributed by atoms with Crippen LogP contribution in [0.5, 0.6) is 0 Å². The number of hydrogen-bond donors (Lipinski definition) is 2. The molecule has 2 aromatic carbocycles. The van der Waals surface area contributed by atoms with E-state index in [1.54, 1.807) is 18.2 Å². The molecule has 3 N–H and O–H groups in total. The normalized spacial score (nSPS) is 10.3. The molecule has 0 atom stereocenters. The summed E-state index contributed by atoms with van der Waals surface area (Å²) in [7, 11) is 0. The van der Waals surface area contributed by atoms with Gasteiger partial charge in [0.1, 0.15) is 5.69 Å². The highest BCUT2D eigenvalue weighted by molar-refractivity contribution is 6.33. The molecule has 22 heavy (non-hydrogen) atoms. The van der Waals surface area contributed by atoms with E-state index < -0.39 is 10.8 Å². The molecule has 0 spiro atoms. The van der Waals surface area contributed by atoms with E-state index in [0.29, 0.717) is 15.6 Å². The Labute approximate surface area is 136 Å². The summed E-state index contributed by atoms with van der Waals surface area (Å²) in [5.41, 5.74) is 6.04. The zero-order chi connectivity index (χ0) is 16.3. The number of rotatable bonds is 4. The van der Waals surface area contributed by atoms with Gasteiger partial charge in [-0.05, 0) is 29.8 Å². The minimum atomic E-state index is -0.612. The van der Waals surface area contributed by atoms with Crippen LogP contribution in [0.1, 0.15) is 5.56 Å². The van der Waals surface area contributed by atoms with Gasteiger partial charge in [-0.2, -0.15) is 0 Å². The molecule has 0 radical (unpaired) electrons. The van der Waals surface area contributed by atoms with Crippen LogP contribution in [0.15, 0.2) is 36.4 Å². The number of nitrogens with zero attached hydrogens (tertiary/aromatic N) is 1. The highest BCUT2D eigenvalue weighted by Gasteiger charge is 2.16. The molecule has 0 bridgehead atoms. The first-order valence-corrected chi connectivity index (χ1v) is 6.90. The van der Waals surface area contributed by atoms with E-state index in [4.69, 9.17) is 28.9 Å². The first-order chi connectivity index (χ1) is 10.4. The average Bonchev–Trinajstić information content (AvgIpc) is 2.45. The third-order valence-corrected chi connectivity index (χ3v) is 3.52. The zero-order valence-electron chi connectivity index (χ0n) is 11.2. The molecule has 6 nitrogen and oxygen atoms in total. The number of nitrogens with two attached hydrogens (primary N) is 1. The molecule has 0 aromatic heterocycles. The van der Waals surface area contributed by atoms with Gasteiger partial charge in [-0.15, -0.1) is 0 Å². The van der Waals surface area contributed by atoms with E-state index >= 15 is 0 Å². The van der Waals surface area contributed by atoms with Crippen molar-refractivity contribution in [2.75, 3.05) is 11.1 Å². The fourth-order valence-electron chi connectivity index (χ4n) is 1.87. The van der Waals surface area contributed by atoms with Crippen molar-refractivity contribution in [2.24, 2.45) is 0 Å². The predicted molar refractivity (Wildman–Crippen MR) is 86.3 cm³/mol. The van der Waals surface area contributed by atoms with Crippen LogP contribution in [-0.2, 0) is 11.2 Å². The van der Waals surface area contributed by atoms with Gasteiger partial charge in [0.25, 0.3) is 5.69 Å². The number of benzene rings is 2. The van der Waals surface area contributed by atoms with Crippen molar-refractivity contribution in [3.8, 4) is 0 Å². The molecular weight excluding hydrogens is 329 g/mol. The first kappa shape index (κ1) is 16.1. The Kier molecular flexibility index (Phi) is 4.85. The number of carbonyl (C=O) groups excluding carboxylic acids is 1. The summed E-state index contributed by atoms with van der Waals surface area (Å²) in [5.74, 6) is -0.406. The van der Waals surface area contributed by atoms with Gasteiger partial charge in [0.2, 0.25) is 5.91 Å². The van der Waals surface area contributed by atoms with Gasteiger partial charge in [0.05, 0.1) is 17.0 Å². The Morgan fingerprint density at radius 1 is 1.27 bits per heavy atom. The zero-order valence-corrected chi connectivity index (χ0v) is 12.7. The highest BCUT2D eigenvalue weighted by atomic mass is 35.5. The van der Waals surface area contributed by atoms with Gasteiger partial charge >= 0.3 is 0 Å². The summed E-state index contributed by atoms with van der Waals surface area (Å²) in [4.78, 5) is 22.2. The van der Waals surface area contributed by atoms with Crippen LogP contribution in [0.4, 0.5) is 17.1 Å². The van der Waals surface area contributed by atoms with Gasteiger partial charge in [-0.1, -0.05) is 29.3 Å². The first-order valence-electron chi connectivity index (χ1n) is 6.15. The molecule has 0 aliphatic carbocycles. The Morgan fingerprint density at radius 3 is 2.68 bits per heavy atom. The summed E-state index contributed by atoms with van der Waals surface area (Å²) in [6.45, 7) is 0. The maximum Gasteiger partial charge on any atom is 0.294 e. The number of nitro groups is 1. The Bertz CT molecular complexity index is 750. The van der Waals surface area contributed by atoms with Gasteiger partial charge < -0.3 is 11.1 Å². The molecule has 0 fully saturated rings. The molecule has 114 valence electrons.